The van der Waals surface area contributed by atoms with Crippen molar-refractivity contribution in [2.24, 2.45) is 5.73 Å². The lowest BCUT2D eigenvalue weighted by Gasteiger charge is -2.11. The fraction of sp³-hybridized carbons (Fsp3) is 0.600. The number of benzene rings is 1. The number of aliphatic hydroxyl groups excluding tert-OH is 1. The average Bonchev–Trinajstić information content (AvgIpc) is 2.93. The predicted molar refractivity (Wildman–Crippen MR) is 94.9 cm³/mol. The third kappa shape index (κ3) is 4.96. The Morgan fingerprint density at radius 3 is 2.68 bits per heavy atom. The summed E-state index contributed by atoms with van der Waals surface area (Å²) >= 11 is 0. The Hall–Kier alpha value is -1.12. The summed E-state index contributed by atoms with van der Waals surface area (Å²) in [4.78, 5) is 0. The van der Waals surface area contributed by atoms with Crippen LogP contribution in [0.25, 0.3) is 5.57 Å². The first kappa shape index (κ1) is 17.2. The molecule has 1 atom stereocenters. The molecular weight excluding hydrogens is 270 g/mol. The zero-order chi connectivity index (χ0) is 15.8. The second kappa shape index (κ2) is 9.12. The Morgan fingerprint density at radius 2 is 1.91 bits per heavy atom. The molecule has 1 aliphatic carbocycles. The maximum absolute atomic E-state index is 9.11. The van der Waals surface area contributed by atoms with E-state index in [0.29, 0.717) is 0 Å². The SMILES string of the molecule is CCCCCCCCc1ccc2c(c1)CC=C2C[C@@H](N)CO. The van der Waals surface area contributed by atoms with Crippen molar-refractivity contribution in [3.05, 3.63) is 41.0 Å². The lowest BCUT2D eigenvalue weighted by atomic mass is 9.96. The molecule has 3 N–H and O–H groups in total. The molecule has 0 unspecified atom stereocenters. The fourth-order valence-electron chi connectivity index (χ4n) is 3.28. The van der Waals surface area contributed by atoms with E-state index in [9.17, 15) is 0 Å². The van der Waals surface area contributed by atoms with Gasteiger partial charge in [0.25, 0.3) is 0 Å². The number of hydrogen-bond donors (Lipinski definition) is 2. The summed E-state index contributed by atoms with van der Waals surface area (Å²) in [7, 11) is 0. The first-order valence-electron chi connectivity index (χ1n) is 8.92. The van der Waals surface area contributed by atoms with Crippen molar-refractivity contribution in [2.45, 2.75) is 70.8 Å². The lowest BCUT2D eigenvalue weighted by molar-refractivity contribution is 0.267. The van der Waals surface area contributed by atoms with E-state index in [1.165, 1.54) is 67.2 Å². The predicted octanol–water partition coefficient (Wildman–Crippen LogP) is 4.24. The molecule has 0 aromatic heterocycles. The highest BCUT2D eigenvalue weighted by Crippen LogP contribution is 2.31. The van der Waals surface area contributed by atoms with Gasteiger partial charge in [0, 0.05) is 6.04 Å². The highest BCUT2D eigenvalue weighted by Gasteiger charge is 2.16. The topological polar surface area (TPSA) is 46.2 Å². The summed E-state index contributed by atoms with van der Waals surface area (Å²) in [6, 6.07) is 6.76. The number of nitrogens with two attached hydrogens (primary N) is 1. The van der Waals surface area contributed by atoms with Gasteiger partial charge >= 0.3 is 0 Å². The van der Waals surface area contributed by atoms with Gasteiger partial charge in [-0.1, -0.05) is 63.3 Å². The molecule has 2 rings (SSSR count). The van der Waals surface area contributed by atoms with Crippen LogP contribution in [0.3, 0.4) is 0 Å². The first-order valence-corrected chi connectivity index (χ1v) is 8.92. The molecule has 0 heterocycles. The Morgan fingerprint density at radius 1 is 1.14 bits per heavy atom. The minimum Gasteiger partial charge on any atom is -0.395 e. The van der Waals surface area contributed by atoms with E-state index in [2.05, 4.69) is 31.2 Å². The molecule has 0 bridgehead atoms. The molecule has 22 heavy (non-hydrogen) atoms. The number of fused-ring (bicyclic) bond motifs is 1. The summed E-state index contributed by atoms with van der Waals surface area (Å²) in [6.45, 7) is 2.32. The van der Waals surface area contributed by atoms with Gasteiger partial charge in [-0.25, -0.2) is 0 Å². The van der Waals surface area contributed by atoms with Crippen molar-refractivity contribution >= 4 is 5.57 Å². The van der Waals surface area contributed by atoms with E-state index in [4.69, 9.17) is 10.8 Å². The van der Waals surface area contributed by atoms with Gasteiger partial charge in [-0.3, -0.25) is 0 Å². The number of aliphatic hydroxyl groups is 1. The van der Waals surface area contributed by atoms with Gasteiger partial charge in [-0.05, 0) is 47.9 Å². The lowest BCUT2D eigenvalue weighted by Crippen LogP contribution is -2.24. The summed E-state index contributed by atoms with van der Waals surface area (Å²) in [5.74, 6) is 0. The molecule has 0 amide bonds. The molecule has 1 aliphatic rings. The number of hydrogen-bond acceptors (Lipinski definition) is 2. The fourth-order valence-corrected chi connectivity index (χ4v) is 3.28. The molecule has 0 radical (unpaired) electrons. The van der Waals surface area contributed by atoms with E-state index >= 15 is 0 Å². The third-order valence-corrected chi connectivity index (χ3v) is 4.62. The zero-order valence-corrected chi connectivity index (χ0v) is 14.0. The Balaban J connectivity index is 1.81. The molecule has 2 heteroatoms. The van der Waals surface area contributed by atoms with Crippen LogP contribution in [0.2, 0.25) is 0 Å². The van der Waals surface area contributed by atoms with E-state index < -0.39 is 0 Å². The van der Waals surface area contributed by atoms with Crippen LogP contribution in [-0.2, 0) is 12.8 Å². The van der Waals surface area contributed by atoms with Crippen LogP contribution in [0.1, 0.15) is 68.6 Å². The maximum atomic E-state index is 9.11. The number of unbranched alkanes of at least 4 members (excludes halogenated alkanes) is 5. The highest BCUT2D eigenvalue weighted by molar-refractivity contribution is 5.73. The van der Waals surface area contributed by atoms with Crippen LogP contribution in [0.15, 0.2) is 24.3 Å². The normalized spacial score (nSPS) is 14.8. The van der Waals surface area contributed by atoms with Crippen LogP contribution in [0, 0.1) is 0 Å². The largest absolute Gasteiger partial charge is 0.395 e. The molecular formula is C20H31NO. The molecule has 122 valence electrons. The minimum atomic E-state index is -0.139. The van der Waals surface area contributed by atoms with Gasteiger partial charge < -0.3 is 10.8 Å². The van der Waals surface area contributed by atoms with Gasteiger partial charge in [0.1, 0.15) is 0 Å². The number of allylic oxidation sites excluding steroid dienone is 1. The average molecular weight is 301 g/mol. The van der Waals surface area contributed by atoms with E-state index in [1.807, 2.05) is 0 Å². The standard InChI is InChI=1S/C20H31NO/c1-2-3-4-5-6-7-8-16-9-12-20-17(13-16)10-11-18(20)14-19(21)15-22/h9,11-13,19,22H,2-8,10,14-15,21H2,1H3/t19-/m1/s1. The van der Waals surface area contributed by atoms with E-state index in [1.54, 1.807) is 0 Å². The number of rotatable bonds is 10. The molecule has 0 saturated carbocycles. The third-order valence-electron chi connectivity index (χ3n) is 4.62. The molecule has 1 aromatic rings. The quantitative estimate of drug-likeness (QED) is 0.635. The first-order chi connectivity index (χ1) is 10.7. The minimum absolute atomic E-state index is 0.0583. The molecule has 0 aliphatic heterocycles. The van der Waals surface area contributed by atoms with Gasteiger partial charge in [0.15, 0.2) is 0 Å². The van der Waals surface area contributed by atoms with E-state index in [0.717, 1.165) is 12.8 Å². The summed E-state index contributed by atoms with van der Waals surface area (Å²) in [5, 5.41) is 9.11. The second-order valence-corrected chi connectivity index (χ2v) is 6.59. The molecule has 0 saturated heterocycles. The van der Waals surface area contributed by atoms with Crippen molar-refractivity contribution in [2.75, 3.05) is 6.61 Å². The van der Waals surface area contributed by atoms with Gasteiger partial charge in [-0.15, -0.1) is 0 Å². The van der Waals surface area contributed by atoms with Gasteiger partial charge in [0.05, 0.1) is 6.61 Å². The second-order valence-electron chi connectivity index (χ2n) is 6.59. The van der Waals surface area contributed by atoms with Crippen molar-refractivity contribution in [1.82, 2.24) is 0 Å². The summed E-state index contributed by atoms with van der Waals surface area (Å²) in [5.41, 5.74) is 11.4. The van der Waals surface area contributed by atoms with Crippen LogP contribution in [-0.4, -0.2) is 17.8 Å². The number of aryl methyl sites for hydroxylation is 1. The molecule has 0 fully saturated rings. The van der Waals surface area contributed by atoms with Crippen molar-refractivity contribution in [3.63, 3.8) is 0 Å². The Labute approximate surface area is 135 Å². The molecule has 2 nitrogen and oxygen atoms in total. The van der Waals surface area contributed by atoms with Crippen molar-refractivity contribution in [1.29, 1.82) is 0 Å². The maximum Gasteiger partial charge on any atom is 0.0585 e. The van der Waals surface area contributed by atoms with Crippen molar-refractivity contribution < 1.29 is 5.11 Å². The molecule has 1 aromatic carbocycles. The van der Waals surface area contributed by atoms with Crippen LogP contribution in [0.4, 0.5) is 0 Å². The Bertz CT molecular complexity index is 492. The van der Waals surface area contributed by atoms with Gasteiger partial charge in [-0.2, -0.15) is 0 Å². The Kier molecular flexibility index (Phi) is 7.14. The van der Waals surface area contributed by atoms with Gasteiger partial charge in [0.2, 0.25) is 0 Å². The highest BCUT2D eigenvalue weighted by atomic mass is 16.3. The van der Waals surface area contributed by atoms with Crippen LogP contribution in [0.5, 0.6) is 0 Å². The van der Waals surface area contributed by atoms with Crippen LogP contribution >= 0.6 is 0 Å². The van der Waals surface area contributed by atoms with Crippen molar-refractivity contribution in [3.8, 4) is 0 Å². The summed E-state index contributed by atoms with van der Waals surface area (Å²) in [6.07, 6.45) is 13.4. The molecule has 0 spiro atoms. The summed E-state index contributed by atoms with van der Waals surface area (Å²) < 4.78 is 0. The zero-order valence-electron chi connectivity index (χ0n) is 14.0. The monoisotopic (exact) mass is 301 g/mol. The smallest absolute Gasteiger partial charge is 0.0585 e. The van der Waals surface area contributed by atoms with E-state index in [-0.39, 0.29) is 12.6 Å². The van der Waals surface area contributed by atoms with Crippen LogP contribution < -0.4 is 5.73 Å².